The molecule has 0 bridgehead atoms. The van der Waals surface area contributed by atoms with E-state index < -0.39 is 0 Å². The standard InChI is InChI=1S/C15H31N3O/c1-4-10-17(5-2)13-9-16-14(3)15(19)18-11-7-6-8-12-18/h14,16H,4-13H2,1-3H3. The topological polar surface area (TPSA) is 35.6 Å². The Hall–Kier alpha value is -0.610. The van der Waals surface area contributed by atoms with Crippen molar-refractivity contribution in [2.24, 2.45) is 0 Å². The summed E-state index contributed by atoms with van der Waals surface area (Å²) < 4.78 is 0. The van der Waals surface area contributed by atoms with Gasteiger partial charge in [0, 0.05) is 26.2 Å². The van der Waals surface area contributed by atoms with Gasteiger partial charge in [0.1, 0.15) is 0 Å². The number of rotatable bonds is 8. The molecule has 1 heterocycles. The Kier molecular flexibility index (Phi) is 8.07. The Labute approximate surface area is 118 Å². The van der Waals surface area contributed by atoms with Crippen LogP contribution in [0.4, 0.5) is 0 Å². The van der Waals surface area contributed by atoms with Crippen molar-refractivity contribution in [1.82, 2.24) is 15.1 Å². The smallest absolute Gasteiger partial charge is 0.239 e. The molecule has 0 aromatic carbocycles. The Balaban J connectivity index is 2.22. The third-order valence-corrected chi connectivity index (χ3v) is 3.90. The maximum Gasteiger partial charge on any atom is 0.239 e. The summed E-state index contributed by atoms with van der Waals surface area (Å²) in [5, 5.41) is 3.37. The minimum atomic E-state index is -0.0431. The fourth-order valence-corrected chi connectivity index (χ4v) is 2.66. The van der Waals surface area contributed by atoms with Crippen LogP contribution in [0.5, 0.6) is 0 Å². The monoisotopic (exact) mass is 269 g/mol. The van der Waals surface area contributed by atoms with Crippen LogP contribution in [0.15, 0.2) is 0 Å². The largest absolute Gasteiger partial charge is 0.341 e. The minimum absolute atomic E-state index is 0.0431. The van der Waals surface area contributed by atoms with E-state index in [-0.39, 0.29) is 11.9 Å². The minimum Gasteiger partial charge on any atom is -0.341 e. The molecule has 1 saturated heterocycles. The zero-order valence-electron chi connectivity index (χ0n) is 13.0. The van der Waals surface area contributed by atoms with E-state index >= 15 is 0 Å². The SMILES string of the molecule is CCCN(CC)CCNC(C)C(=O)N1CCCCC1. The molecule has 0 spiro atoms. The highest BCUT2D eigenvalue weighted by atomic mass is 16.2. The number of nitrogens with one attached hydrogen (secondary N) is 1. The van der Waals surface area contributed by atoms with E-state index in [4.69, 9.17) is 0 Å². The van der Waals surface area contributed by atoms with E-state index in [9.17, 15) is 4.79 Å². The number of likely N-dealkylation sites (tertiary alicyclic amines) is 1. The van der Waals surface area contributed by atoms with Crippen LogP contribution >= 0.6 is 0 Å². The molecule has 0 aromatic rings. The van der Waals surface area contributed by atoms with Gasteiger partial charge in [-0.2, -0.15) is 0 Å². The van der Waals surface area contributed by atoms with E-state index in [1.165, 1.54) is 25.7 Å². The van der Waals surface area contributed by atoms with Gasteiger partial charge in [0.25, 0.3) is 0 Å². The second kappa shape index (κ2) is 9.32. The van der Waals surface area contributed by atoms with E-state index in [2.05, 4.69) is 24.1 Å². The summed E-state index contributed by atoms with van der Waals surface area (Å²) in [4.78, 5) is 16.7. The maximum absolute atomic E-state index is 12.2. The lowest BCUT2D eigenvalue weighted by Gasteiger charge is -2.30. The first-order valence-electron chi connectivity index (χ1n) is 7.93. The van der Waals surface area contributed by atoms with Crippen molar-refractivity contribution in [2.75, 3.05) is 39.3 Å². The summed E-state index contributed by atoms with van der Waals surface area (Å²) in [6.45, 7) is 12.4. The van der Waals surface area contributed by atoms with Gasteiger partial charge in [-0.25, -0.2) is 0 Å². The normalized spacial score (nSPS) is 17.8. The van der Waals surface area contributed by atoms with Gasteiger partial charge >= 0.3 is 0 Å². The predicted molar refractivity (Wildman–Crippen MR) is 80.3 cm³/mol. The summed E-state index contributed by atoms with van der Waals surface area (Å²) >= 11 is 0. The van der Waals surface area contributed by atoms with Crippen LogP contribution in [-0.2, 0) is 4.79 Å². The molecule has 1 aliphatic heterocycles. The molecule has 0 radical (unpaired) electrons. The number of hydrogen-bond acceptors (Lipinski definition) is 3. The Morgan fingerprint density at radius 1 is 1.21 bits per heavy atom. The molecule has 1 atom stereocenters. The van der Waals surface area contributed by atoms with Crippen LogP contribution in [0.3, 0.4) is 0 Å². The van der Waals surface area contributed by atoms with Gasteiger partial charge in [-0.15, -0.1) is 0 Å². The van der Waals surface area contributed by atoms with Crippen molar-refractivity contribution in [3.8, 4) is 0 Å². The average Bonchev–Trinajstić information content (AvgIpc) is 2.46. The van der Waals surface area contributed by atoms with Crippen LogP contribution in [0.25, 0.3) is 0 Å². The van der Waals surface area contributed by atoms with Gasteiger partial charge < -0.3 is 15.1 Å². The van der Waals surface area contributed by atoms with Gasteiger partial charge in [0.2, 0.25) is 5.91 Å². The molecular formula is C15H31N3O. The Bertz CT molecular complexity index is 252. The summed E-state index contributed by atoms with van der Waals surface area (Å²) in [6.07, 6.45) is 4.79. The van der Waals surface area contributed by atoms with Crippen molar-refractivity contribution in [3.63, 3.8) is 0 Å². The van der Waals surface area contributed by atoms with Crippen LogP contribution < -0.4 is 5.32 Å². The molecule has 0 aliphatic carbocycles. The van der Waals surface area contributed by atoms with Crippen molar-refractivity contribution < 1.29 is 4.79 Å². The lowest BCUT2D eigenvalue weighted by atomic mass is 10.1. The second-order valence-corrected chi connectivity index (χ2v) is 5.50. The highest BCUT2D eigenvalue weighted by molar-refractivity contribution is 5.81. The average molecular weight is 269 g/mol. The van der Waals surface area contributed by atoms with Gasteiger partial charge in [-0.05, 0) is 45.7 Å². The van der Waals surface area contributed by atoms with E-state index in [1.54, 1.807) is 0 Å². The molecule has 4 nitrogen and oxygen atoms in total. The fourth-order valence-electron chi connectivity index (χ4n) is 2.66. The fraction of sp³-hybridized carbons (Fsp3) is 0.933. The number of carbonyl (C=O) groups is 1. The van der Waals surface area contributed by atoms with Crippen molar-refractivity contribution in [3.05, 3.63) is 0 Å². The number of piperidine rings is 1. The molecule has 19 heavy (non-hydrogen) atoms. The first kappa shape index (κ1) is 16.4. The quantitative estimate of drug-likeness (QED) is 0.728. The molecule has 0 saturated carbocycles. The molecule has 112 valence electrons. The molecule has 1 aliphatic rings. The highest BCUT2D eigenvalue weighted by Crippen LogP contribution is 2.09. The van der Waals surface area contributed by atoms with E-state index in [0.717, 1.165) is 39.3 Å². The summed E-state index contributed by atoms with van der Waals surface area (Å²) in [6, 6.07) is -0.0431. The molecule has 4 heteroatoms. The Morgan fingerprint density at radius 3 is 2.47 bits per heavy atom. The molecule has 1 fully saturated rings. The third kappa shape index (κ3) is 5.91. The summed E-state index contributed by atoms with van der Waals surface area (Å²) in [5.74, 6) is 0.276. The van der Waals surface area contributed by atoms with E-state index in [1.807, 2.05) is 11.8 Å². The summed E-state index contributed by atoms with van der Waals surface area (Å²) in [5.41, 5.74) is 0. The first-order chi connectivity index (χ1) is 9.19. The third-order valence-electron chi connectivity index (χ3n) is 3.90. The lowest BCUT2D eigenvalue weighted by Crippen LogP contribution is -2.48. The number of likely N-dealkylation sites (N-methyl/N-ethyl adjacent to an activating group) is 1. The molecule has 0 aromatic heterocycles. The maximum atomic E-state index is 12.2. The molecular weight excluding hydrogens is 238 g/mol. The van der Waals surface area contributed by atoms with Gasteiger partial charge in [-0.1, -0.05) is 13.8 Å². The van der Waals surface area contributed by atoms with Crippen LogP contribution in [-0.4, -0.2) is 61.0 Å². The van der Waals surface area contributed by atoms with Gasteiger partial charge in [0.05, 0.1) is 6.04 Å². The van der Waals surface area contributed by atoms with Crippen LogP contribution in [0.1, 0.15) is 46.5 Å². The first-order valence-corrected chi connectivity index (χ1v) is 7.93. The van der Waals surface area contributed by atoms with Crippen LogP contribution in [0, 0.1) is 0 Å². The van der Waals surface area contributed by atoms with Crippen LogP contribution in [0.2, 0.25) is 0 Å². The number of nitrogens with zero attached hydrogens (tertiary/aromatic N) is 2. The number of amides is 1. The highest BCUT2D eigenvalue weighted by Gasteiger charge is 2.21. The van der Waals surface area contributed by atoms with E-state index in [0.29, 0.717) is 0 Å². The van der Waals surface area contributed by atoms with Gasteiger partial charge in [0.15, 0.2) is 0 Å². The van der Waals surface area contributed by atoms with Gasteiger partial charge in [-0.3, -0.25) is 4.79 Å². The van der Waals surface area contributed by atoms with Crippen molar-refractivity contribution >= 4 is 5.91 Å². The predicted octanol–water partition coefficient (Wildman–Crippen LogP) is 1.71. The molecule has 1 unspecified atom stereocenters. The molecule has 1 amide bonds. The Morgan fingerprint density at radius 2 is 1.89 bits per heavy atom. The second-order valence-electron chi connectivity index (χ2n) is 5.50. The molecule has 1 N–H and O–H groups in total. The number of carbonyl (C=O) groups excluding carboxylic acids is 1. The molecule has 1 rings (SSSR count). The van der Waals surface area contributed by atoms with Crippen molar-refractivity contribution in [2.45, 2.75) is 52.5 Å². The lowest BCUT2D eigenvalue weighted by molar-refractivity contribution is -0.133. The zero-order valence-corrected chi connectivity index (χ0v) is 13.0. The number of hydrogen-bond donors (Lipinski definition) is 1. The van der Waals surface area contributed by atoms with Crippen molar-refractivity contribution in [1.29, 1.82) is 0 Å². The zero-order chi connectivity index (χ0) is 14.1. The summed E-state index contributed by atoms with van der Waals surface area (Å²) in [7, 11) is 0.